The minimum Gasteiger partial charge on any atom is -0.508 e. The van der Waals surface area contributed by atoms with Crippen molar-refractivity contribution < 1.29 is 14.7 Å². The average Bonchev–Trinajstić information content (AvgIpc) is 2.16. The molecule has 0 fully saturated rings. The van der Waals surface area contributed by atoms with Gasteiger partial charge in [0.2, 0.25) is 0 Å². The van der Waals surface area contributed by atoms with Crippen LogP contribution in [0.4, 0.5) is 5.69 Å². The fraction of sp³-hybridized carbons (Fsp3) is 0.100. The maximum atomic E-state index is 9.20. The fourth-order valence-electron chi connectivity index (χ4n) is 1.03. The summed E-state index contributed by atoms with van der Waals surface area (Å²) in [5.74, 6) is 0.197. The van der Waals surface area contributed by atoms with Crippen molar-refractivity contribution in [1.29, 1.82) is 0 Å². The lowest BCUT2D eigenvalue weighted by atomic mass is 10.1. The van der Waals surface area contributed by atoms with Crippen LogP contribution in [-0.2, 0) is 4.84 Å². The number of phenols is 1. The third-order valence-corrected chi connectivity index (χ3v) is 1.72. The van der Waals surface area contributed by atoms with Gasteiger partial charge in [-0.3, -0.25) is 4.84 Å². The Morgan fingerprint density at radius 1 is 1.54 bits per heavy atom. The summed E-state index contributed by atoms with van der Waals surface area (Å²) in [6.45, 7) is 7.28. The molecule has 0 aliphatic rings. The molecule has 0 spiro atoms. The number of aromatic hydroxyl groups is 1. The lowest BCUT2D eigenvalue weighted by molar-refractivity contribution is -0.714. The molecule has 0 aromatic heterocycles. The van der Waals surface area contributed by atoms with Gasteiger partial charge in [-0.25, -0.2) is 0 Å². The second kappa shape index (κ2) is 3.76. The summed E-state index contributed by atoms with van der Waals surface area (Å²) in [4.78, 5) is 4.91. The van der Waals surface area contributed by atoms with Crippen molar-refractivity contribution in [3.05, 3.63) is 30.3 Å². The van der Waals surface area contributed by atoms with Crippen LogP contribution in [0, 0.1) is 0 Å². The zero-order chi connectivity index (χ0) is 9.84. The van der Waals surface area contributed by atoms with E-state index < -0.39 is 0 Å². The lowest BCUT2D eigenvalue weighted by Gasteiger charge is -2.00. The average molecular weight is 178 g/mol. The first kappa shape index (κ1) is 9.32. The smallest absolute Gasteiger partial charge is 0.264 e. The predicted molar refractivity (Wildman–Crippen MR) is 52.2 cm³/mol. The Morgan fingerprint density at radius 3 is 2.77 bits per heavy atom. The Labute approximate surface area is 77.2 Å². The van der Waals surface area contributed by atoms with E-state index in [-0.39, 0.29) is 5.75 Å². The molecule has 0 heterocycles. The summed E-state index contributed by atoms with van der Waals surface area (Å²) in [5.41, 5.74) is 1.53. The van der Waals surface area contributed by atoms with Crippen molar-refractivity contribution >= 4 is 18.5 Å². The van der Waals surface area contributed by atoms with E-state index in [1.807, 2.05) is 0 Å². The van der Waals surface area contributed by atoms with Crippen molar-refractivity contribution in [2.45, 2.75) is 0 Å². The SMILES string of the molecule is C=Cc1cc(O)ccc1[N+](=C)OC. The van der Waals surface area contributed by atoms with Crippen LogP contribution in [0.3, 0.4) is 0 Å². The first-order valence-electron chi connectivity index (χ1n) is 3.79. The fourth-order valence-corrected chi connectivity index (χ4v) is 1.03. The van der Waals surface area contributed by atoms with Crippen LogP contribution in [0.5, 0.6) is 5.75 Å². The van der Waals surface area contributed by atoms with E-state index in [2.05, 4.69) is 13.3 Å². The Bertz CT molecular complexity index is 345. The monoisotopic (exact) mass is 178 g/mol. The Hall–Kier alpha value is -1.77. The molecule has 3 nitrogen and oxygen atoms in total. The van der Waals surface area contributed by atoms with Gasteiger partial charge in [-0.2, -0.15) is 0 Å². The van der Waals surface area contributed by atoms with Gasteiger partial charge < -0.3 is 5.11 Å². The van der Waals surface area contributed by atoms with Gasteiger partial charge in [0, 0.05) is 10.8 Å². The van der Waals surface area contributed by atoms with Crippen LogP contribution in [-0.4, -0.2) is 23.7 Å². The van der Waals surface area contributed by atoms with E-state index in [0.29, 0.717) is 0 Å². The van der Waals surface area contributed by atoms with E-state index >= 15 is 0 Å². The highest BCUT2D eigenvalue weighted by Gasteiger charge is 2.11. The molecule has 68 valence electrons. The van der Waals surface area contributed by atoms with E-state index in [1.54, 1.807) is 24.3 Å². The number of benzene rings is 1. The zero-order valence-electron chi connectivity index (χ0n) is 7.53. The number of phenolic OH excluding ortho intramolecular Hbond substituents is 1. The van der Waals surface area contributed by atoms with Crippen LogP contribution in [0.15, 0.2) is 24.8 Å². The van der Waals surface area contributed by atoms with Gasteiger partial charge in [-0.05, 0) is 12.1 Å². The van der Waals surface area contributed by atoms with E-state index in [1.165, 1.54) is 11.8 Å². The molecule has 1 aromatic rings. The summed E-state index contributed by atoms with van der Waals surface area (Å²) < 4.78 is 1.36. The highest BCUT2D eigenvalue weighted by molar-refractivity contribution is 5.61. The van der Waals surface area contributed by atoms with Gasteiger partial charge in [-0.1, -0.05) is 12.7 Å². The summed E-state index contributed by atoms with van der Waals surface area (Å²) >= 11 is 0. The van der Waals surface area contributed by atoms with Crippen LogP contribution in [0.25, 0.3) is 6.08 Å². The van der Waals surface area contributed by atoms with Crippen LogP contribution >= 0.6 is 0 Å². The maximum absolute atomic E-state index is 9.20. The molecule has 0 aliphatic heterocycles. The molecule has 0 unspecified atom stereocenters. The first-order chi connectivity index (χ1) is 6.19. The Morgan fingerprint density at radius 2 is 2.23 bits per heavy atom. The molecule has 1 rings (SSSR count). The number of hydrogen-bond acceptors (Lipinski definition) is 2. The standard InChI is InChI=1S/C10H11NO2/c1-4-8-7-9(12)5-6-10(8)11(2)13-3/h4-7H,1-2H2,3H3/p+1. The molecule has 13 heavy (non-hydrogen) atoms. The van der Waals surface area contributed by atoms with E-state index in [9.17, 15) is 5.11 Å². The molecule has 0 radical (unpaired) electrons. The predicted octanol–water partition coefficient (Wildman–Crippen LogP) is 1.94. The first-order valence-corrected chi connectivity index (χ1v) is 3.79. The lowest BCUT2D eigenvalue weighted by Crippen LogP contribution is -2.01. The quantitative estimate of drug-likeness (QED) is 0.436. The van der Waals surface area contributed by atoms with Crippen LogP contribution < -0.4 is 0 Å². The summed E-state index contributed by atoms with van der Waals surface area (Å²) in [7, 11) is 1.52. The summed E-state index contributed by atoms with van der Waals surface area (Å²) in [6.07, 6.45) is 1.63. The van der Waals surface area contributed by atoms with Crippen molar-refractivity contribution in [3.8, 4) is 5.75 Å². The van der Waals surface area contributed by atoms with Gasteiger partial charge >= 0.3 is 0 Å². The van der Waals surface area contributed by atoms with Crippen molar-refractivity contribution in [3.63, 3.8) is 0 Å². The molecule has 0 amide bonds. The summed E-state index contributed by atoms with van der Waals surface area (Å²) in [6, 6.07) is 4.88. The zero-order valence-corrected chi connectivity index (χ0v) is 7.53. The third-order valence-electron chi connectivity index (χ3n) is 1.72. The third kappa shape index (κ3) is 1.87. The largest absolute Gasteiger partial charge is 0.508 e. The maximum Gasteiger partial charge on any atom is 0.264 e. The molecule has 0 bridgehead atoms. The number of hydrogen-bond donors (Lipinski definition) is 1. The summed E-state index contributed by atoms with van der Waals surface area (Å²) in [5, 5.41) is 9.20. The molecule has 0 saturated carbocycles. The van der Waals surface area contributed by atoms with Crippen molar-refractivity contribution in [2.75, 3.05) is 7.11 Å². The molecule has 3 heteroatoms. The topological polar surface area (TPSA) is 32.5 Å². The second-order valence-corrected chi connectivity index (χ2v) is 2.51. The van der Waals surface area contributed by atoms with E-state index in [0.717, 1.165) is 11.3 Å². The molecule has 1 aromatic carbocycles. The number of rotatable bonds is 3. The van der Waals surface area contributed by atoms with Crippen molar-refractivity contribution in [1.82, 2.24) is 0 Å². The van der Waals surface area contributed by atoms with Crippen LogP contribution in [0.1, 0.15) is 5.56 Å². The normalized spacial score (nSPS) is 9.31. The van der Waals surface area contributed by atoms with Gasteiger partial charge in [0.15, 0.2) is 6.72 Å². The van der Waals surface area contributed by atoms with E-state index in [4.69, 9.17) is 4.84 Å². The highest BCUT2D eigenvalue weighted by atomic mass is 16.6. The Kier molecular flexibility index (Phi) is 2.69. The highest BCUT2D eigenvalue weighted by Crippen LogP contribution is 2.23. The van der Waals surface area contributed by atoms with Crippen molar-refractivity contribution in [2.24, 2.45) is 0 Å². The van der Waals surface area contributed by atoms with Gasteiger partial charge in [-0.15, -0.1) is 0 Å². The molecule has 0 atom stereocenters. The molecular weight excluding hydrogens is 166 g/mol. The van der Waals surface area contributed by atoms with Crippen LogP contribution in [0.2, 0.25) is 0 Å². The Balaban J connectivity index is 3.20. The second-order valence-electron chi connectivity index (χ2n) is 2.51. The minimum atomic E-state index is 0.197. The van der Waals surface area contributed by atoms with Gasteiger partial charge in [0.05, 0.1) is 5.56 Å². The number of nitrogens with zero attached hydrogens (tertiary/aromatic N) is 1. The van der Waals surface area contributed by atoms with Gasteiger partial charge in [0.1, 0.15) is 12.9 Å². The molecular formula is C10H12NO2+. The molecule has 1 N–H and O–H groups in total. The molecule has 0 saturated heterocycles. The molecule has 0 aliphatic carbocycles. The minimum absolute atomic E-state index is 0.197. The van der Waals surface area contributed by atoms with Gasteiger partial charge in [0.25, 0.3) is 5.69 Å².